The molecule has 3 rings (SSSR count). The maximum absolute atomic E-state index is 12.5. The molecule has 0 aliphatic heterocycles. The summed E-state index contributed by atoms with van der Waals surface area (Å²) in [6.07, 6.45) is 1.43. The van der Waals surface area contributed by atoms with Crippen LogP contribution in [0.2, 0.25) is 0 Å². The van der Waals surface area contributed by atoms with Crippen LogP contribution in [0.4, 0.5) is 5.69 Å². The molecule has 0 aliphatic carbocycles. The van der Waals surface area contributed by atoms with E-state index in [4.69, 9.17) is 5.21 Å². The number of nitrogens with zero attached hydrogens (tertiary/aromatic N) is 2. The highest BCUT2D eigenvalue weighted by molar-refractivity contribution is 7.92. The minimum atomic E-state index is -3.82. The van der Waals surface area contributed by atoms with Crippen molar-refractivity contribution in [2.75, 3.05) is 4.72 Å². The molecule has 1 unspecified atom stereocenters. The molecule has 0 spiro atoms. The average Bonchev–Trinajstić information content (AvgIpc) is 3.03. The predicted molar refractivity (Wildman–Crippen MR) is 103 cm³/mol. The molecule has 1 aromatic heterocycles. The molecule has 0 aliphatic rings. The average molecular weight is 400 g/mol. The van der Waals surface area contributed by atoms with Gasteiger partial charge in [-0.25, -0.2) is 10.5 Å². The SMILES string of the molecule is Cc1nc(S(=O)(=O)Nc2ccc(C(C(=O)NO)c3ccccc3)cc2)cn1C. The highest BCUT2D eigenvalue weighted by atomic mass is 32.2. The Morgan fingerprint density at radius 1 is 1.07 bits per heavy atom. The molecule has 0 bridgehead atoms. The van der Waals surface area contributed by atoms with Gasteiger partial charge in [-0.2, -0.15) is 8.42 Å². The lowest BCUT2D eigenvalue weighted by Crippen LogP contribution is -2.27. The number of aromatic nitrogens is 2. The topological polar surface area (TPSA) is 113 Å². The molecule has 3 aromatic rings. The Labute approximate surface area is 162 Å². The highest BCUT2D eigenvalue weighted by Crippen LogP contribution is 2.26. The van der Waals surface area contributed by atoms with E-state index in [1.54, 1.807) is 72.5 Å². The van der Waals surface area contributed by atoms with Gasteiger partial charge in [-0.3, -0.25) is 14.7 Å². The van der Waals surface area contributed by atoms with Crippen molar-refractivity contribution in [3.8, 4) is 0 Å². The van der Waals surface area contributed by atoms with Crippen LogP contribution in [-0.2, 0) is 21.9 Å². The number of rotatable bonds is 6. The molecule has 3 N–H and O–H groups in total. The maximum Gasteiger partial charge on any atom is 0.280 e. The van der Waals surface area contributed by atoms with Gasteiger partial charge < -0.3 is 4.57 Å². The van der Waals surface area contributed by atoms with Crippen LogP contribution in [0, 0.1) is 6.92 Å². The van der Waals surface area contributed by atoms with E-state index in [9.17, 15) is 13.2 Å². The summed E-state index contributed by atoms with van der Waals surface area (Å²) in [4.78, 5) is 16.2. The molecule has 1 heterocycles. The fourth-order valence-corrected chi connectivity index (χ4v) is 3.91. The Morgan fingerprint density at radius 3 is 2.21 bits per heavy atom. The van der Waals surface area contributed by atoms with E-state index in [0.29, 0.717) is 22.6 Å². The van der Waals surface area contributed by atoms with Gasteiger partial charge in [-0.05, 0) is 30.2 Å². The van der Waals surface area contributed by atoms with E-state index in [1.807, 2.05) is 6.07 Å². The minimum absolute atomic E-state index is 0.0709. The van der Waals surface area contributed by atoms with Crippen LogP contribution < -0.4 is 10.2 Å². The summed E-state index contributed by atoms with van der Waals surface area (Å²) in [5.41, 5.74) is 3.33. The standard InChI is InChI=1S/C19H20N4O4S/c1-13-20-17(12-23(13)2)28(26,27)22-16-10-8-15(9-11-16)18(19(24)21-25)14-6-4-3-5-7-14/h3-12,18,22,25H,1-2H3,(H,21,24). The van der Waals surface area contributed by atoms with Gasteiger partial charge >= 0.3 is 0 Å². The quantitative estimate of drug-likeness (QED) is 0.433. The number of hydroxylamine groups is 1. The molecule has 0 saturated carbocycles. The molecule has 1 amide bonds. The Kier molecular flexibility index (Phi) is 5.48. The summed E-state index contributed by atoms with van der Waals surface area (Å²) in [6, 6.07) is 15.4. The van der Waals surface area contributed by atoms with Crippen LogP contribution in [0.5, 0.6) is 0 Å². The Bertz CT molecular complexity index is 1060. The predicted octanol–water partition coefficient (Wildman–Crippen LogP) is 2.17. The van der Waals surface area contributed by atoms with Gasteiger partial charge in [0.2, 0.25) is 0 Å². The highest BCUT2D eigenvalue weighted by Gasteiger charge is 2.23. The first kappa shape index (κ1) is 19.6. The summed E-state index contributed by atoms with van der Waals surface area (Å²) in [7, 11) is -2.11. The number of hydrogen-bond donors (Lipinski definition) is 3. The van der Waals surface area contributed by atoms with Crippen molar-refractivity contribution in [3.05, 3.63) is 77.7 Å². The number of aryl methyl sites for hydroxylation is 2. The van der Waals surface area contributed by atoms with Gasteiger partial charge in [0.15, 0.2) is 5.03 Å². The van der Waals surface area contributed by atoms with Gasteiger partial charge in [0, 0.05) is 18.9 Å². The lowest BCUT2D eigenvalue weighted by molar-refractivity contribution is -0.129. The molecule has 1 atom stereocenters. The summed E-state index contributed by atoms with van der Waals surface area (Å²) in [5.74, 6) is -0.727. The summed E-state index contributed by atoms with van der Waals surface area (Å²) < 4.78 is 29.0. The van der Waals surface area contributed by atoms with E-state index in [2.05, 4.69) is 9.71 Å². The Hall–Kier alpha value is -3.17. The number of anilines is 1. The second-order valence-electron chi connectivity index (χ2n) is 6.28. The Morgan fingerprint density at radius 2 is 1.68 bits per heavy atom. The number of sulfonamides is 1. The number of carbonyl (C=O) groups excluding carboxylic acids is 1. The number of benzene rings is 2. The molecule has 0 radical (unpaired) electrons. The first-order valence-electron chi connectivity index (χ1n) is 8.43. The third-order valence-corrected chi connectivity index (χ3v) is 5.62. The first-order chi connectivity index (χ1) is 13.3. The van der Waals surface area contributed by atoms with E-state index >= 15 is 0 Å². The minimum Gasteiger partial charge on any atom is -0.337 e. The van der Waals surface area contributed by atoms with Crippen LogP contribution in [0.25, 0.3) is 0 Å². The van der Waals surface area contributed by atoms with Crippen LogP contribution in [0.1, 0.15) is 22.9 Å². The number of amides is 1. The van der Waals surface area contributed by atoms with Crippen LogP contribution in [0.3, 0.4) is 0 Å². The molecule has 146 valence electrons. The second-order valence-corrected chi connectivity index (χ2v) is 7.91. The van der Waals surface area contributed by atoms with Gasteiger partial charge in [-0.1, -0.05) is 42.5 Å². The van der Waals surface area contributed by atoms with Gasteiger partial charge in [0.1, 0.15) is 5.82 Å². The maximum atomic E-state index is 12.5. The zero-order chi connectivity index (χ0) is 20.3. The third kappa shape index (κ3) is 4.05. The van der Waals surface area contributed by atoms with Gasteiger partial charge in [0.25, 0.3) is 15.9 Å². The number of nitrogens with one attached hydrogen (secondary N) is 2. The van der Waals surface area contributed by atoms with Crippen molar-refractivity contribution in [2.24, 2.45) is 7.05 Å². The van der Waals surface area contributed by atoms with E-state index in [-0.39, 0.29) is 5.03 Å². The summed E-state index contributed by atoms with van der Waals surface area (Å²) in [6.45, 7) is 1.71. The smallest absolute Gasteiger partial charge is 0.280 e. The zero-order valence-corrected chi connectivity index (χ0v) is 16.1. The van der Waals surface area contributed by atoms with Crippen molar-refractivity contribution in [1.29, 1.82) is 0 Å². The molecular weight excluding hydrogens is 380 g/mol. The number of imidazole rings is 1. The fraction of sp³-hybridized carbons (Fsp3) is 0.158. The first-order valence-corrected chi connectivity index (χ1v) is 9.92. The molecule has 9 heteroatoms. The van der Waals surface area contributed by atoms with Gasteiger partial charge in [-0.15, -0.1) is 0 Å². The second kappa shape index (κ2) is 7.83. The summed E-state index contributed by atoms with van der Waals surface area (Å²) in [5, 5.41) is 9.01. The normalized spacial score (nSPS) is 12.4. The van der Waals surface area contributed by atoms with Crippen molar-refractivity contribution >= 4 is 21.6 Å². The molecular formula is C19H20N4O4S. The van der Waals surface area contributed by atoms with Crippen molar-refractivity contribution in [3.63, 3.8) is 0 Å². The van der Waals surface area contributed by atoms with Crippen molar-refractivity contribution < 1.29 is 18.4 Å². The fourth-order valence-electron chi connectivity index (χ4n) is 2.81. The lowest BCUT2D eigenvalue weighted by Gasteiger charge is -2.16. The molecule has 0 fully saturated rings. The molecule has 28 heavy (non-hydrogen) atoms. The van der Waals surface area contributed by atoms with E-state index in [1.165, 1.54) is 6.20 Å². The van der Waals surface area contributed by atoms with Crippen molar-refractivity contribution in [1.82, 2.24) is 15.0 Å². The van der Waals surface area contributed by atoms with Crippen molar-refractivity contribution in [2.45, 2.75) is 17.9 Å². The monoisotopic (exact) mass is 400 g/mol. The molecule has 2 aromatic carbocycles. The van der Waals surface area contributed by atoms with Crippen LogP contribution in [-0.4, -0.2) is 29.1 Å². The summed E-state index contributed by atoms with van der Waals surface area (Å²) >= 11 is 0. The number of carbonyl (C=O) groups is 1. The molecule has 0 saturated heterocycles. The van der Waals surface area contributed by atoms with E-state index in [0.717, 1.165) is 0 Å². The Balaban J connectivity index is 1.87. The lowest BCUT2D eigenvalue weighted by atomic mass is 9.90. The third-order valence-electron chi connectivity index (χ3n) is 4.36. The van der Waals surface area contributed by atoms with Crippen LogP contribution in [0.15, 0.2) is 65.8 Å². The zero-order valence-electron chi connectivity index (χ0n) is 15.3. The van der Waals surface area contributed by atoms with Crippen LogP contribution >= 0.6 is 0 Å². The van der Waals surface area contributed by atoms with E-state index < -0.39 is 21.8 Å². The number of hydrogen-bond acceptors (Lipinski definition) is 5. The van der Waals surface area contributed by atoms with Gasteiger partial charge in [0.05, 0.1) is 5.92 Å². The molecule has 8 nitrogen and oxygen atoms in total. The largest absolute Gasteiger partial charge is 0.337 e.